The second kappa shape index (κ2) is 14.3. The van der Waals surface area contributed by atoms with Crippen molar-refractivity contribution in [2.45, 2.75) is 32.1 Å². The molecule has 0 aliphatic heterocycles. The van der Waals surface area contributed by atoms with Gasteiger partial charge in [-0.15, -0.1) is 11.3 Å². The van der Waals surface area contributed by atoms with Gasteiger partial charge in [-0.1, -0.05) is 166 Å². The SMILES string of the molecule is CC1(C)C2=C(CCC=C2)c2c(-c3ccccc3N(c3cccc(-c4ccc5sc6ccccc6c5c4)c3)c3ccc(-c4ccccc4)cc3-c3ccccc3)cccc21. The van der Waals surface area contributed by atoms with Crippen LogP contribution in [0.25, 0.3) is 70.3 Å². The van der Waals surface area contributed by atoms with E-state index in [2.05, 4.69) is 219 Å². The third-order valence-electron chi connectivity index (χ3n) is 12.6. The molecule has 59 heavy (non-hydrogen) atoms. The zero-order chi connectivity index (χ0) is 39.5. The van der Waals surface area contributed by atoms with E-state index in [0.29, 0.717) is 0 Å². The Morgan fingerprint density at radius 3 is 1.98 bits per heavy atom. The number of nitrogens with zero attached hydrogens (tertiary/aromatic N) is 1. The molecule has 11 rings (SSSR count). The van der Waals surface area contributed by atoms with Gasteiger partial charge in [0, 0.05) is 42.4 Å². The van der Waals surface area contributed by atoms with Gasteiger partial charge in [-0.2, -0.15) is 0 Å². The van der Waals surface area contributed by atoms with Crippen molar-refractivity contribution in [2.24, 2.45) is 0 Å². The van der Waals surface area contributed by atoms with E-state index < -0.39 is 0 Å². The molecule has 0 saturated carbocycles. The van der Waals surface area contributed by atoms with Gasteiger partial charge in [0.1, 0.15) is 0 Å². The molecule has 8 aromatic carbocycles. The first-order valence-corrected chi connectivity index (χ1v) is 21.5. The molecule has 1 aromatic heterocycles. The highest BCUT2D eigenvalue weighted by molar-refractivity contribution is 7.25. The molecular weight excluding hydrogens is 731 g/mol. The summed E-state index contributed by atoms with van der Waals surface area (Å²) in [5.41, 5.74) is 18.8. The standard InChI is InChI=1S/C57H43NS/c1-57(2)50-27-12-9-25-47(50)56-46(26-16-28-51(56)57)44-23-10-13-29-52(44)58(53-33-31-41(38-17-5-3-6-18-38)36-48(53)39-19-7-4-8-20-39)43-22-15-21-40(35-43)42-32-34-55-49(37-42)45-24-11-14-30-54(45)59-55/h3-8,10-24,26-37H,9,25H2,1-2H3. The second-order valence-corrected chi connectivity index (χ2v) is 17.4. The van der Waals surface area contributed by atoms with E-state index >= 15 is 0 Å². The maximum Gasteiger partial charge on any atom is 0.0540 e. The minimum Gasteiger partial charge on any atom is -0.309 e. The summed E-state index contributed by atoms with van der Waals surface area (Å²) in [5.74, 6) is 0. The molecule has 9 aromatic rings. The average molecular weight is 774 g/mol. The van der Waals surface area contributed by atoms with E-state index in [1.54, 1.807) is 0 Å². The highest BCUT2D eigenvalue weighted by Gasteiger charge is 2.38. The van der Waals surface area contributed by atoms with Gasteiger partial charge in [-0.25, -0.2) is 0 Å². The van der Waals surface area contributed by atoms with E-state index in [1.165, 1.54) is 87.0 Å². The van der Waals surface area contributed by atoms with E-state index in [-0.39, 0.29) is 5.41 Å². The van der Waals surface area contributed by atoms with Crippen LogP contribution >= 0.6 is 11.3 Å². The summed E-state index contributed by atoms with van der Waals surface area (Å²) in [6.45, 7) is 4.79. The summed E-state index contributed by atoms with van der Waals surface area (Å²) in [7, 11) is 0. The van der Waals surface area contributed by atoms with Crippen LogP contribution < -0.4 is 4.90 Å². The molecule has 2 heteroatoms. The molecule has 0 saturated heterocycles. The molecule has 1 nitrogen and oxygen atoms in total. The van der Waals surface area contributed by atoms with Gasteiger partial charge >= 0.3 is 0 Å². The third kappa shape index (κ3) is 5.98. The van der Waals surface area contributed by atoms with Gasteiger partial charge in [0.05, 0.1) is 11.4 Å². The molecule has 1 heterocycles. The summed E-state index contributed by atoms with van der Waals surface area (Å²) in [6.07, 6.45) is 6.89. The van der Waals surface area contributed by atoms with Crippen molar-refractivity contribution in [1.29, 1.82) is 0 Å². The van der Waals surface area contributed by atoms with Crippen LogP contribution in [0.4, 0.5) is 17.1 Å². The number of para-hydroxylation sites is 1. The molecule has 0 N–H and O–H groups in total. The largest absolute Gasteiger partial charge is 0.309 e. The van der Waals surface area contributed by atoms with E-state index in [0.717, 1.165) is 29.9 Å². The van der Waals surface area contributed by atoms with Crippen LogP contribution in [0.2, 0.25) is 0 Å². The molecule has 0 radical (unpaired) electrons. The van der Waals surface area contributed by atoms with Gasteiger partial charge in [0.25, 0.3) is 0 Å². The number of rotatable bonds is 7. The van der Waals surface area contributed by atoms with Gasteiger partial charge in [-0.3, -0.25) is 0 Å². The molecule has 282 valence electrons. The van der Waals surface area contributed by atoms with Crippen LogP contribution in [0.3, 0.4) is 0 Å². The number of hydrogen-bond donors (Lipinski definition) is 0. The lowest BCUT2D eigenvalue weighted by Gasteiger charge is -2.31. The highest BCUT2D eigenvalue weighted by Crippen LogP contribution is 2.55. The van der Waals surface area contributed by atoms with Crippen LogP contribution in [0.1, 0.15) is 37.8 Å². The highest BCUT2D eigenvalue weighted by atomic mass is 32.1. The summed E-state index contributed by atoms with van der Waals surface area (Å²) in [5, 5.41) is 2.63. The van der Waals surface area contributed by atoms with Crippen molar-refractivity contribution in [2.75, 3.05) is 4.90 Å². The normalized spacial score (nSPS) is 14.1. The first kappa shape index (κ1) is 35.4. The summed E-state index contributed by atoms with van der Waals surface area (Å²) < 4.78 is 2.64. The van der Waals surface area contributed by atoms with Gasteiger partial charge in [0.15, 0.2) is 0 Å². The van der Waals surface area contributed by atoms with Crippen LogP contribution in [0.5, 0.6) is 0 Å². The van der Waals surface area contributed by atoms with E-state index in [4.69, 9.17) is 0 Å². The fourth-order valence-electron chi connectivity index (χ4n) is 9.70. The lowest BCUT2D eigenvalue weighted by molar-refractivity contribution is 0.651. The molecule has 0 fully saturated rings. The number of benzene rings is 8. The Bertz CT molecular complexity index is 3130. The lowest BCUT2D eigenvalue weighted by atomic mass is 9.80. The molecule has 0 spiro atoms. The third-order valence-corrected chi connectivity index (χ3v) is 13.7. The van der Waals surface area contributed by atoms with Crippen molar-refractivity contribution < 1.29 is 0 Å². The summed E-state index contributed by atoms with van der Waals surface area (Å²) in [6, 6.07) is 69.6. The predicted molar refractivity (Wildman–Crippen MR) is 254 cm³/mol. The van der Waals surface area contributed by atoms with Crippen LogP contribution in [-0.4, -0.2) is 0 Å². The van der Waals surface area contributed by atoms with Crippen LogP contribution in [-0.2, 0) is 5.41 Å². The number of fused-ring (bicyclic) bond motifs is 5. The Morgan fingerprint density at radius 2 is 1.12 bits per heavy atom. The topological polar surface area (TPSA) is 3.24 Å². The molecule has 0 unspecified atom stereocenters. The van der Waals surface area contributed by atoms with Crippen molar-refractivity contribution in [3.8, 4) is 44.5 Å². The van der Waals surface area contributed by atoms with Gasteiger partial charge in [0.2, 0.25) is 0 Å². The number of anilines is 3. The number of allylic oxidation sites excluding steroid dienone is 4. The molecule has 2 aliphatic rings. The summed E-state index contributed by atoms with van der Waals surface area (Å²) >= 11 is 1.87. The number of hydrogen-bond acceptors (Lipinski definition) is 2. The summed E-state index contributed by atoms with van der Waals surface area (Å²) in [4.78, 5) is 2.52. The fraction of sp³-hybridized carbons (Fsp3) is 0.0877. The van der Waals surface area contributed by atoms with E-state index in [1.807, 2.05) is 11.3 Å². The number of thiophene rings is 1. The quantitative estimate of drug-likeness (QED) is 0.156. The van der Waals surface area contributed by atoms with Crippen molar-refractivity contribution >= 4 is 54.1 Å². The van der Waals surface area contributed by atoms with Gasteiger partial charge in [-0.05, 0) is 117 Å². The fourth-order valence-corrected chi connectivity index (χ4v) is 10.8. The van der Waals surface area contributed by atoms with E-state index in [9.17, 15) is 0 Å². The second-order valence-electron chi connectivity index (χ2n) is 16.4. The smallest absolute Gasteiger partial charge is 0.0540 e. The Kier molecular flexibility index (Phi) is 8.57. The molecule has 0 bridgehead atoms. The minimum absolute atomic E-state index is 0.0524. The molecule has 0 atom stereocenters. The molecule has 0 amide bonds. The molecule has 2 aliphatic carbocycles. The minimum atomic E-state index is -0.0524. The van der Waals surface area contributed by atoms with Gasteiger partial charge < -0.3 is 4.90 Å². The molecular formula is C57H43NS. The Balaban J connectivity index is 1.16. The predicted octanol–water partition coefficient (Wildman–Crippen LogP) is 16.6. The van der Waals surface area contributed by atoms with Crippen molar-refractivity contribution in [3.05, 3.63) is 217 Å². The monoisotopic (exact) mass is 773 g/mol. The average Bonchev–Trinajstić information content (AvgIpc) is 3.79. The van der Waals surface area contributed by atoms with Crippen LogP contribution in [0.15, 0.2) is 206 Å². The zero-order valence-corrected chi connectivity index (χ0v) is 34.1. The lowest BCUT2D eigenvalue weighted by Crippen LogP contribution is -2.16. The Labute approximate surface area is 350 Å². The van der Waals surface area contributed by atoms with Crippen LogP contribution in [0, 0.1) is 0 Å². The van der Waals surface area contributed by atoms with Crippen molar-refractivity contribution in [3.63, 3.8) is 0 Å². The van der Waals surface area contributed by atoms with Crippen molar-refractivity contribution in [1.82, 2.24) is 0 Å². The first-order valence-electron chi connectivity index (χ1n) is 20.7. The maximum atomic E-state index is 2.52. The first-order chi connectivity index (χ1) is 29.0. The zero-order valence-electron chi connectivity index (χ0n) is 33.3. The Morgan fingerprint density at radius 1 is 0.475 bits per heavy atom. The maximum absolute atomic E-state index is 2.52. The Hall–Kier alpha value is -6.74.